The molecule has 0 fully saturated rings. The smallest absolute Gasteiger partial charge is 0.224 e. The van der Waals surface area contributed by atoms with Crippen molar-refractivity contribution in [2.24, 2.45) is 40.6 Å². The highest BCUT2D eigenvalue weighted by Crippen LogP contribution is 2.27. The predicted octanol–water partition coefficient (Wildman–Crippen LogP) is 3.26. The molecule has 2 amide bonds. The molecule has 9 nitrogen and oxygen atoms in total. The molecule has 6 N–H and O–H groups in total. The Hall–Kier alpha value is -2.49. The number of nitrogens with two attached hydrogens (primary N) is 2. The number of amides is 2. The molecule has 1 aromatic heterocycles. The molecule has 1 aromatic carbocycles. The molecular formula is C30H51N5O4. The number of aliphatic hydroxyl groups excluding tert-OH is 1. The average molecular weight is 546 g/mol. The number of nitrogens with zero attached hydrogens (tertiary/aromatic N) is 2. The zero-order valence-corrected chi connectivity index (χ0v) is 24.9. The van der Waals surface area contributed by atoms with Crippen LogP contribution in [-0.4, -0.2) is 59.1 Å². The number of fused-ring (bicyclic) bond motifs is 1. The number of primary amides is 1. The number of methoxy groups -OCH3 is 1. The van der Waals surface area contributed by atoms with E-state index in [4.69, 9.17) is 16.2 Å². The predicted molar refractivity (Wildman–Crippen MR) is 156 cm³/mol. The molecule has 1 heterocycles. The van der Waals surface area contributed by atoms with E-state index in [9.17, 15) is 14.7 Å². The molecule has 0 aliphatic heterocycles. The van der Waals surface area contributed by atoms with Gasteiger partial charge in [-0.05, 0) is 68.9 Å². The van der Waals surface area contributed by atoms with Crippen LogP contribution in [0.25, 0.3) is 10.9 Å². The van der Waals surface area contributed by atoms with Crippen molar-refractivity contribution in [1.82, 2.24) is 15.1 Å². The second-order valence-electron chi connectivity index (χ2n) is 12.3. The Morgan fingerprint density at radius 3 is 2.44 bits per heavy atom. The number of aromatic nitrogens is 2. The normalized spacial score (nSPS) is 15.5. The maximum Gasteiger partial charge on any atom is 0.224 e. The first-order chi connectivity index (χ1) is 18.3. The summed E-state index contributed by atoms with van der Waals surface area (Å²) in [7, 11) is 1.71. The van der Waals surface area contributed by atoms with E-state index in [0.717, 1.165) is 30.3 Å². The van der Waals surface area contributed by atoms with Crippen LogP contribution in [0.4, 0.5) is 0 Å². The molecule has 39 heavy (non-hydrogen) atoms. The van der Waals surface area contributed by atoms with Crippen LogP contribution in [0, 0.1) is 29.1 Å². The molecule has 9 heteroatoms. The summed E-state index contributed by atoms with van der Waals surface area (Å²) >= 11 is 0. The van der Waals surface area contributed by atoms with Gasteiger partial charge in [-0.25, -0.2) is 0 Å². The van der Waals surface area contributed by atoms with Gasteiger partial charge in [0.25, 0.3) is 0 Å². The standard InChI is InChI=1S/C30H51N5O4/c1-19(2)23(13-21-9-10-22-17-34-35(26(22)14-21)11-8-12-39-7)15-25(31)27(36)16-24(20(3)4)28(37)33-18-30(5,6)29(32)38/h9-10,14,17,19-20,23-25,27,36H,8,11-13,15-16,18,31H2,1-7H3,(H2,32,38)(H,33,37). The van der Waals surface area contributed by atoms with Crippen molar-refractivity contribution < 1.29 is 19.4 Å². The molecule has 0 radical (unpaired) electrons. The zero-order chi connectivity index (χ0) is 29.3. The van der Waals surface area contributed by atoms with Gasteiger partial charge in [-0.2, -0.15) is 5.10 Å². The molecule has 0 saturated heterocycles. The third kappa shape index (κ3) is 9.58. The Kier molecular flexibility index (Phi) is 12.4. The molecule has 0 aliphatic carbocycles. The van der Waals surface area contributed by atoms with Gasteiger partial charge in [0.2, 0.25) is 11.8 Å². The monoisotopic (exact) mass is 545 g/mol. The zero-order valence-electron chi connectivity index (χ0n) is 24.9. The first-order valence-electron chi connectivity index (χ1n) is 14.2. The van der Waals surface area contributed by atoms with Gasteiger partial charge in [0.05, 0.1) is 23.2 Å². The van der Waals surface area contributed by atoms with Crippen molar-refractivity contribution in [1.29, 1.82) is 0 Å². The summed E-state index contributed by atoms with van der Waals surface area (Å²) in [6.07, 6.45) is 3.72. The summed E-state index contributed by atoms with van der Waals surface area (Å²) < 4.78 is 7.21. The minimum absolute atomic E-state index is 0.00454. The third-order valence-electron chi connectivity index (χ3n) is 7.95. The molecule has 0 spiro atoms. The van der Waals surface area contributed by atoms with Crippen LogP contribution >= 0.6 is 0 Å². The number of ether oxygens (including phenoxy) is 1. The van der Waals surface area contributed by atoms with E-state index in [0.29, 0.717) is 18.9 Å². The quantitative estimate of drug-likeness (QED) is 0.225. The number of rotatable bonds is 17. The van der Waals surface area contributed by atoms with Crippen LogP contribution < -0.4 is 16.8 Å². The summed E-state index contributed by atoms with van der Waals surface area (Å²) in [5, 5.41) is 19.5. The lowest BCUT2D eigenvalue weighted by Crippen LogP contribution is -2.46. The molecule has 2 rings (SSSR count). The maximum atomic E-state index is 12.9. The molecule has 0 bridgehead atoms. The van der Waals surface area contributed by atoms with E-state index < -0.39 is 29.4 Å². The Labute approximate surface area is 234 Å². The van der Waals surface area contributed by atoms with Crippen molar-refractivity contribution in [3.8, 4) is 0 Å². The van der Waals surface area contributed by atoms with Gasteiger partial charge in [0, 0.05) is 44.2 Å². The van der Waals surface area contributed by atoms with Gasteiger partial charge >= 0.3 is 0 Å². The Morgan fingerprint density at radius 1 is 1.15 bits per heavy atom. The Balaban J connectivity index is 2.05. The van der Waals surface area contributed by atoms with Crippen LogP contribution in [0.15, 0.2) is 24.4 Å². The topological polar surface area (TPSA) is 145 Å². The number of hydrogen-bond acceptors (Lipinski definition) is 6. The fraction of sp³-hybridized carbons (Fsp3) is 0.700. The lowest BCUT2D eigenvalue weighted by atomic mass is 9.80. The second kappa shape index (κ2) is 14.8. The van der Waals surface area contributed by atoms with E-state index in [1.807, 2.05) is 24.7 Å². The van der Waals surface area contributed by atoms with E-state index in [1.165, 1.54) is 5.56 Å². The summed E-state index contributed by atoms with van der Waals surface area (Å²) in [4.78, 5) is 24.6. The van der Waals surface area contributed by atoms with Gasteiger partial charge < -0.3 is 26.6 Å². The van der Waals surface area contributed by atoms with Crippen LogP contribution in [0.1, 0.15) is 66.4 Å². The van der Waals surface area contributed by atoms with Gasteiger partial charge in [-0.1, -0.05) is 39.8 Å². The number of carbonyl (C=O) groups excluding carboxylic acids is 2. The highest BCUT2D eigenvalue weighted by molar-refractivity contribution is 5.83. The average Bonchev–Trinajstić information content (AvgIpc) is 3.27. The summed E-state index contributed by atoms with van der Waals surface area (Å²) in [5.41, 5.74) is 13.5. The van der Waals surface area contributed by atoms with Crippen molar-refractivity contribution in [2.75, 3.05) is 20.3 Å². The minimum Gasteiger partial charge on any atom is -0.391 e. The van der Waals surface area contributed by atoms with E-state index >= 15 is 0 Å². The second-order valence-corrected chi connectivity index (χ2v) is 12.3. The molecule has 4 unspecified atom stereocenters. The van der Waals surface area contributed by atoms with Gasteiger partial charge in [0.1, 0.15) is 0 Å². The first-order valence-corrected chi connectivity index (χ1v) is 14.2. The van der Waals surface area contributed by atoms with E-state index in [-0.39, 0.29) is 30.7 Å². The van der Waals surface area contributed by atoms with Crippen LogP contribution in [0.3, 0.4) is 0 Å². The number of aryl methyl sites for hydroxylation is 1. The van der Waals surface area contributed by atoms with Crippen molar-refractivity contribution >= 4 is 22.7 Å². The molecule has 2 aromatic rings. The number of carbonyl (C=O) groups is 2. The summed E-state index contributed by atoms with van der Waals surface area (Å²) in [5.74, 6) is -0.454. The first kappa shape index (κ1) is 32.7. The minimum atomic E-state index is -0.846. The highest BCUT2D eigenvalue weighted by Gasteiger charge is 2.32. The van der Waals surface area contributed by atoms with Crippen LogP contribution in [0.2, 0.25) is 0 Å². The van der Waals surface area contributed by atoms with E-state index in [2.05, 4.69) is 42.5 Å². The number of benzene rings is 1. The number of hydrogen-bond donors (Lipinski definition) is 4. The molecular weight excluding hydrogens is 494 g/mol. The largest absolute Gasteiger partial charge is 0.391 e. The number of nitrogens with one attached hydrogen (secondary N) is 1. The van der Waals surface area contributed by atoms with Gasteiger partial charge in [0.15, 0.2) is 0 Å². The fourth-order valence-corrected chi connectivity index (χ4v) is 4.82. The van der Waals surface area contributed by atoms with Crippen molar-refractivity contribution in [2.45, 2.75) is 85.9 Å². The van der Waals surface area contributed by atoms with Gasteiger partial charge in [-0.15, -0.1) is 0 Å². The van der Waals surface area contributed by atoms with Crippen LogP contribution in [-0.2, 0) is 27.3 Å². The summed E-state index contributed by atoms with van der Waals surface area (Å²) in [6, 6.07) is 6.01. The Morgan fingerprint density at radius 2 is 1.85 bits per heavy atom. The van der Waals surface area contributed by atoms with Gasteiger partial charge in [-0.3, -0.25) is 14.3 Å². The van der Waals surface area contributed by atoms with Crippen molar-refractivity contribution in [3.63, 3.8) is 0 Å². The molecule has 220 valence electrons. The van der Waals surface area contributed by atoms with E-state index in [1.54, 1.807) is 21.0 Å². The highest BCUT2D eigenvalue weighted by atomic mass is 16.5. The van der Waals surface area contributed by atoms with Crippen molar-refractivity contribution in [3.05, 3.63) is 30.0 Å². The maximum absolute atomic E-state index is 12.9. The SMILES string of the molecule is COCCCn1ncc2ccc(CC(CC(N)C(O)CC(C(=O)NCC(C)(C)C(N)=O)C(C)C)C(C)C)cc21. The van der Waals surface area contributed by atoms with Crippen LogP contribution in [0.5, 0.6) is 0 Å². The molecule has 0 aliphatic rings. The fourth-order valence-electron chi connectivity index (χ4n) is 4.82. The molecule has 4 atom stereocenters. The Bertz CT molecular complexity index is 1060. The summed E-state index contributed by atoms with van der Waals surface area (Å²) in [6.45, 7) is 13.3. The lowest BCUT2D eigenvalue weighted by molar-refractivity contribution is -0.130. The molecule has 0 saturated carbocycles. The third-order valence-corrected chi connectivity index (χ3v) is 7.95. The lowest BCUT2D eigenvalue weighted by Gasteiger charge is -2.30. The number of aliphatic hydroxyl groups is 1.